The number of fused-ring (bicyclic) bond motifs is 1. The van der Waals surface area contributed by atoms with E-state index in [1.54, 1.807) is 13.8 Å². The number of halogens is 4. The van der Waals surface area contributed by atoms with Crippen molar-refractivity contribution in [2.75, 3.05) is 6.61 Å². The molecule has 32 heavy (non-hydrogen) atoms. The molecule has 0 saturated carbocycles. The SMILES string of the molecule is Cc1cc2c(c(C)c1Cl)C=C(C(=O)O[C@@H](C)OC(=O)CCCO[N+](=O)[O-])C(C(F)(F)F)O2. The molecule has 1 unspecified atom stereocenters. The zero-order valence-electron chi connectivity index (χ0n) is 17.2. The zero-order valence-corrected chi connectivity index (χ0v) is 17.9. The van der Waals surface area contributed by atoms with Gasteiger partial charge in [0.1, 0.15) is 5.75 Å². The monoisotopic (exact) mass is 481 g/mol. The molecule has 0 aliphatic carbocycles. The number of carbonyl (C=O) groups is 2. The number of aryl methyl sites for hydroxylation is 1. The first kappa shape index (κ1) is 25.2. The number of ether oxygens (including phenoxy) is 3. The minimum atomic E-state index is -4.93. The maximum Gasteiger partial charge on any atom is 0.430 e. The van der Waals surface area contributed by atoms with Gasteiger partial charge in [0.15, 0.2) is 0 Å². The van der Waals surface area contributed by atoms with Crippen molar-refractivity contribution < 1.29 is 46.9 Å². The predicted octanol–water partition coefficient (Wildman–Crippen LogP) is 4.08. The van der Waals surface area contributed by atoms with E-state index in [4.69, 9.17) is 25.8 Å². The van der Waals surface area contributed by atoms with Crippen LogP contribution < -0.4 is 4.74 Å². The maximum absolute atomic E-state index is 13.6. The fourth-order valence-electron chi connectivity index (χ4n) is 2.89. The third kappa shape index (κ3) is 6.25. The minimum absolute atomic E-state index is 0.0497. The van der Waals surface area contributed by atoms with E-state index in [1.165, 1.54) is 6.07 Å². The van der Waals surface area contributed by atoms with Crippen LogP contribution in [0.1, 0.15) is 36.5 Å². The standard InChI is InChI=1S/C19H19ClF3NO8/c1-9-7-14-12(10(2)16(9)20)8-13(17(32-14)19(21,22)23)18(26)31-11(3)30-15(25)5-4-6-29-24(27)28/h7-8,11,17H,4-6H2,1-3H3/t11-,17?/m0/s1. The Morgan fingerprint density at radius 2 is 1.97 bits per heavy atom. The summed E-state index contributed by atoms with van der Waals surface area (Å²) in [7, 11) is 0. The molecular formula is C19H19ClF3NO8. The third-order valence-corrected chi connectivity index (χ3v) is 4.93. The molecule has 0 amide bonds. The Balaban J connectivity index is 2.14. The summed E-state index contributed by atoms with van der Waals surface area (Å²) < 4.78 is 55.4. The molecule has 176 valence electrons. The summed E-state index contributed by atoms with van der Waals surface area (Å²) >= 11 is 6.15. The van der Waals surface area contributed by atoms with Crippen LogP contribution in [0.15, 0.2) is 11.6 Å². The van der Waals surface area contributed by atoms with E-state index in [2.05, 4.69) is 4.84 Å². The van der Waals surface area contributed by atoms with E-state index < -0.39 is 41.2 Å². The Morgan fingerprint density at radius 3 is 2.56 bits per heavy atom. The molecule has 2 rings (SSSR count). The van der Waals surface area contributed by atoms with Crippen LogP contribution in [0.2, 0.25) is 5.02 Å². The fraction of sp³-hybridized carbons (Fsp3) is 0.474. The van der Waals surface area contributed by atoms with E-state index in [-0.39, 0.29) is 30.8 Å². The lowest BCUT2D eigenvalue weighted by Gasteiger charge is -2.29. The van der Waals surface area contributed by atoms with Gasteiger partial charge >= 0.3 is 18.1 Å². The van der Waals surface area contributed by atoms with Gasteiger partial charge in [0.2, 0.25) is 12.4 Å². The Kier molecular flexibility index (Phi) is 7.94. The summed E-state index contributed by atoms with van der Waals surface area (Å²) in [5, 5.41) is 9.31. The Bertz CT molecular complexity index is 947. The average molecular weight is 482 g/mol. The Morgan fingerprint density at radius 1 is 1.31 bits per heavy atom. The molecule has 13 heteroatoms. The molecule has 9 nitrogen and oxygen atoms in total. The molecule has 0 radical (unpaired) electrons. The van der Waals surface area contributed by atoms with Gasteiger partial charge < -0.3 is 19.0 Å². The zero-order chi connectivity index (χ0) is 24.2. The second kappa shape index (κ2) is 10.1. The number of nitrogens with zero attached hydrogens (tertiary/aromatic N) is 1. The van der Waals surface area contributed by atoms with E-state index in [0.717, 1.165) is 13.0 Å². The second-order valence-corrected chi connectivity index (χ2v) is 7.18. The first-order chi connectivity index (χ1) is 14.8. The molecule has 1 aliphatic rings. The molecule has 0 bridgehead atoms. The lowest BCUT2D eigenvalue weighted by Crippen LogP contribution is -2.41. The molecule has 0 fully saturated rings. The molecule has 0 spiro atoms. The number of esters is 2. The van der Waals surface area contributed by atoms with Gasteiger partial charge in [-0.05, 0) is 43.5 Å². The average Bonchev–Trinajstić information content (AvgIpc) is 2.67. The molecule has 0 N–H and O–H groups in total. The molecule has 2 atom stereocenters. The van der Waals surface area contributed by atoms with Crippen molar-refractivity contribution in [2.24, 2.45) is 0 Å². The van der Waals surface area contributed by atoms with E-state index in [0.29, 0.717) is 16.1 Å². The highest BCUT2D eigenvalue weighted by molar-refractivity contribution is 6.32. The van der Waals surface area contributed by atoms with Crippen LogP contribution in [-0.2, 0) is 23.9 Å². The lowest BCUT2D eigenvalue weighted by atomic mass is 9.96. The van der Waals surface area contributed by atoms with Crippen LogP contribution in [0, 0.1) is 24.0 Å². The first-order valence-corrected chi connectivity index (χ1v) is 9.61. The van der Waals surface area contributed by atoms with Crippen LogP contribution in [0.3, 0.4) is 0 Å². The summed E-state index contributed by atoms with van der Waals surface area (Å²) in [5.41, 5.74) is 0.287. The molecular weight excluding hydrogens is 463 g/mol. The van der Waals surface area contributed by atoms with Crippen molar-refractivity contribution in [3.63, 3.8) is 0 Å². The second-order valence-electron chi connectivity index (χ2n) is 6.81. The predicted molar refractivity (Wildman–Crippen MR) is 103 cm³/mol. The van der Waals surface area contributed by atoms with Crippen molar-refractivity contribution in [3.05, 3.63) is 43.5 Å². The van der Waals surface area contributed by atoms with Crippen molar-refractivity contribution >= 4 is 29.6 Å². The number of benzene rings is 1. The van der Waals surface area contributed by atoms with Gasteiger partial charge in [-0.1, -0.05) is 11.6 Å². The highest BCUT2D eigenvalue weighted by atomic mass is 35.5. The first-order valence-electron chi connectivity index (χ1n) is 9.23. The maximum atomic E-state index is 13.6. The Labute approximate surface area is 185 Å². The smallest absolute Gasteiger partial charge is 0.430 e. The highest BCUT2D eigenvalue weighted by Crippen LogP contribution is 2.41. The lowest BCUT2D eigenvalue weighted by molar-refractivity contribution is -0.757. The van der Waals surface area contributed by atoms with Crippen LogP contribution in [0.5, 0.6) is 5.75 Å². The summed E-state index contributed by atoms with van der Waals surface area (Å²) in [6.45, 7) is 3.96. The largest absolute Gasteiger partial charge is 0.475 e. The molecule has 1 aromatic carbocycles. The number of hydrogen-bond acceptors (Lipinski definition) is 8. The topological polar surface area (TPSA) is 114 Å². The number of alkyl halides is 3. The van der Waals surface area contributed by atoms with Gasteiger partial charge in [0, 0.05) is 23.9 Å². The van der Waals surface area contributed by atoms with Gasteiger partial charge in [-0.2, -0.15) is 13.2 Å². The van der Waals surface area contributed by atoms with Gasteiger partial charge in [0.25, 0.3) is 5.09 Å². The van der Waals surface area contributed by atoms with Gasteiger partial charge in [-0.25, -0.2) is 4.79 Å². The number of rotatable bonds is 8. The van der Waals surface area contributed by atoms with Gasteiger partial charge in [0.05, 0.1) is 12.2 Å². The quantitative estimate of drug-likeness (QED) is 0.179. The van der Waals surface area contributed by atoms with Crippen LogP contribution in [-0.4, -0.2) is 42.2 Å². The van der Waals surface area contributed by atoms with Crippen molar-refractivity contribution in [2.45, 2.75) is 52.2 Å². The van der Waals surface area contributed by atoms with Crippen molar-refractivity contribution in [1.82, 2.24) is 0 Å². The summed E-state index contributed by atoms with van der Waals surface area (Å²) in [6.07, 6.45) is -8.40. The van der Waals surface area contributed by atoms with E-state index >= 15 is 0 Å². The van der Waals surface area contributed by atoms with Gasteiger partial charge in [-0.3, -0.25) is 4.79 Å². The molecule has 0 saturated heterocycles. The molecule has 1 aromatic rings. The fourth-order valence-corrected chi connectivity index (χ4v) is 3.04. The van der Waals surface area contributed by atoms with Crippen LogP contribution >= 0.6 is 11.6 Å². The van der Waals surface area contributed by atoms with Gasteiger partial charge in [-0.15, -0.1) is 10.1 Å². The summed E-state index contributed by atoms with van der Waals surface area (Å²) in [6, 6.07) is 1.34. The van der Waals surface area contributed by atoms with E-state index in [1.807, 2.05) is 0 Å². The number of carbonyl (C=O) groups excluding carboxylic acids is 2. The minimum Gasteiger partial charge on any atom is -0.475 e. The van der Waals surface area contributed by atoms with Crippen LogP contribution in [0.4, 0.5) is 13.2 Å². The van der Waals surface area contributed by atoms with Crippen LogP contribution in [0.25, 0.3) is 6.08 Å². The third-order valence-electron chi connectivity index (χ3n) is 4.34. The summed E-state index contributed by atoms with van der Waals surface area (Å²) in [4.78, 5) is 38.2. The number of hydrogen-bond donors (Lipinski definition) is 0. The normalized spacial score (nSPS) is 16.2. The van der Waals surface area contributed by atoms with E-state index in [9.17, 15) is 32.9 Å². The molecule has 0 aromatic heterocycles. The van der Waals surface area contributed by atoms with Crippen molar-refractivity contribution in [1.29, 1.82) is 0 Å². The summed E-state index contributed by atoms with van der Waals surface area (Å²) in [5.74, 6) is -2.37. The van der Waals surface area contributed by atoms with Crippen molar-refractivity contribution in [3.8, 4) is 5.75 Å². The highest BCUT2D eigenvalue weighted by Gasteiger charge is 2.49. The molecule has 1 aliphatic heterocycles. The molecule has 1 heterocycles. The Hall–Kier alpha value is -3.02.